The number of ether oxygens (including phenoxy) is 1. The van der Waals surface area contributed by atoms with Gasteiger partial charge in [-0.3, -0.25) is 0 Å². The summed E-state index contributed by atoms with van der Waals surface area (Å²) in [6.45, 7) is 0. The molecule has 1 unspecified atom stereocenters. The van der Waals surface area contributed by atoms with Crippen molar-refractivity contribution in [3.63, 3.8) is 0 Å². The van der Waals surface area contributed by atoms with Crippen LogP contribution in [0.5, 0.6) is 5.75 Å². The number of thiophene rings is 1. The van der Waals surface area contributed by atoms with Gasteiger partial charge in [0, 0.05) is 16.1 Å². The standard InChI is InChI=1S/C13H13Cl2NOS/c1-17-12-5-6-18-13(12)11(16)7-8-9(14)3-2-4-10(8)15/h2-6,11H,7,16H2,1H3. The summed E-state index contributed by atoms with van der Waals surface area (Å²) >= 11 is 13.9. The van der Waals surface area contributed by atoms with E-state index in [2.05, 4.69) is 0 Å². The number of hydrogen-bond acceptors (Lipinski definition) is 3. The highest BCUT2D eigenvalue weighted by atomic mass is 35.5. The molecule has 18 heavy (non-hydrogen) atoms. The van der Waals surface area contributed by atoms with E-state index in [0.29, 0.717) is 16.5 Å². The maximum absolute atomic E-state index is 6.20. The number of methoxy groups -OCH3 is 1. The summed E-state index contributed by atoms with van der Waals surface area (Å²) in [6, 6.07) is 7.21. The minimum absolute atomic E-state index is 0.169. The Labute approximate surface area is 120 Å². The lowest BCUT2D eigenvalue weighted by molar-refractivity contribution is 0.409. The Morgan fingerprint density at radius 2 is 1.94 bits per heavy atom. The lowest BCUT2D eigenvalue weighted by atomic mass is 10.0. The molecule has 0 amide bonds. The first-order valence-corrected chi connectivity index (χ1v) is 7.07. The number of hydrogen-bond donors (Lipinski definition) is 1. The van der Waals surface area contributed by atoms with Crippen LogP contribution in [0.3, 0.4) is 0 Å². The maximum Gasteiger partial charge on any atom is 0.134 e. The highest BCUT2D eigenvalue weighted by Gasteiger charge is 2.17. The molecule has 96 valence electrons. The first kappa shape index (κ1) is 13.7. The molecule has 1 aromatic heterocycles. The number of benzene rings is 1. The SMILES string of the molecule is COc1ccsc1C(N)Cc1c(Cl)cccc1Cl. The first-order valence-electron chi connectivity index (χ1n) is 5.43. The topological polar surface area (TPSA) is 35.2 Å². The van der Waals surface area contributed by atoms with E-state index in [4.69, 9.17) is 33.7 Å². The van der Waals surface area contributed by atoms with E-state index < -0.39 is 0 Å². The summed E-state index contributed by atoms with van der Waals surface area (Å²) in [5.41, 5.74) is 7.08. The van der Waals surface area contributed by atoms with Gasteiger partial charge in [0.15, 0.2) is 0 Å². The van der Waals surface area contributed by atoms with Crippen molar-refractivity contribution in [1.82, 2.24) is 0 Å². The van der Waals surface area contributed by atoms with E-state index >= 15 is 0 Å². The fourth-order valence-electron chi connectivity index (χ4n) is 1.79. The second kappa shape index (κ2) is 5.93. The van der Waals surface area contributed by atoms with E-state index in [9.17, 15) is 0 Å². The van der Waals surface area contributed by atoms with Crippen molar-refractivity contribution in [2.24, 2.45) is 5.73 Å². The number of rotatable bonds is 4. The number of nitrogens with two attached hydrogens (primary N) is 1. The van der Waals surface area contributed by atoms with Gasteiger partial charge in [0.05, 0.1) is 12.0 Å². The summed E-state index contributed by atoms with van der Waals surface area (Å²) in [4.78, 5) is 1.01. The fourth-order valence-corrected chi connectivity index (χ4v) is 3.20. The molecule has 2 nitrogen and oxygen atoms in total. The molecule has 1 aromatic carbocycles. The maximum atomic E-state index is 6.20. The smallest absolute Gasteiger partial charge is 0.134 e. The van der Waals surface area contributed by atoms with E-state index in [0.717, 1.165) is 16.2 Å². The third-order valence-electron chi connectivity index (χ3n) is 2.70. The molecular weight excluding hydrogens is 289 g/mol. The third-order valence-corrected chi connectivity index (χ3v) is 4.44. The Kier molecular flexibility index (Phi) is 4.51. The molecule has 2 rings (SSSR count). The third kappa shape index (κ3) is 2.81. The highest BCUT2D eigenvalue weighted by Crippen LogP contribution is 2.34. The van der Waals surface area contributed by atoms with Crippen LogP contribution in [-0.2, 0) is 6.42 Å². The molecule has 2 N–H and O–H groups in total. The molecule has 2 aromatic rings. The molecule has 5 heteroatoms. The normalized spacial score (nSPS) is 12.4. The molecule has 1 heterocycles. The van der Waals surface area contributed by atoms with Crippen LogP contribution in [0.4, 0.5) is 0 Å². The second-order valence-electron chi connectivity index (χ2n) is 3.86. The van der Waals surface area contributed by atoms with Crippen LogP contribution >= 0.6 is 34.5 Å². The van der Waals surface area contributed by atoms with Crippen LogP contribution in [0.25, 0.3) is 0 Å². The van der Waals surface area contributed by atoms with Gasteiger partial charge >= 0.3 is 0 Å². The molecule has 0 saturated carbocycles. The van der Waals surface area contributed by atoms with Crippen LogP contribution < -0.4 is 10.5 Å². The van der Waals surface area contributed by atoms with E-state index in [1.807, 2.05) is 29.6 Å². The average Bonchev–Trinajstić information content (AvgIpc) is 2.82. The van der Waals surface area contributed by atoms with E-state index in [1.165, 1.54) is 0 Å². The van der Waals surface area contributed by atoms with Gasteiger partial charge < -0.3 is 10.5 Å². The molecule has 0 aliphatic carbocycles. The van der Waals surface area contributed by atoms with Crippen LogP contribution in [0, 0.1) is 0 Å². The fraction of sp³-hybridized carbons (Fsp3) is 0.231. The van der Waals surface area contributed by atoms with Gasteiger partial charge in [0.1, 0.15) is 5.75 Å². The van der Waals surface area contributed by atoms with Crippen molar-refractivity contribution in [1.29, 1.82) is 0 Å². The lowest BCUT2D eigenvalue weighted by Crippen LogP contribution is -2.13. The van der Waals surface area contributed by atoms with Gasteiger partial charge in [-0.2, -0.15) is 0 Å². The Morgan fingerprint density at radius 1 is 1.28 bits per heavy atom. The Morgan fingerprint density at radius 3 is 2.56 bits per heavy atom. The van der Waals surface area contributed by atoms with Crippen molar-refractivity contribution in [2.75, 3.05) is 7.11 Å². The zero-order valence-corrected chi connectivity index (χ0v) is 12.1. The summed E-state index contributed by atoms with van der Waals surface area (Å²) < 4.78 is 5.27. The zero-order chi connectivity index (χ0) is 13.1. The number of halogens is 2. The van der Waals surface area contributed by atoms with Crippen LogP contribution in [0.1, 0.15) is 16.5 Å². The summed E-state index contributed by atoms with van der Waals surface area (Å²) in [5.74, 6) is 0.815. The van der Waals surface area contributed by atoms with E-state index in [-0.39, 0.29) is 6.04 Å². The van der Waals surface area contributed by atoms with Gasteiger partial charge in [0.25, 0.3) is 0 Å². The lowest BCUT2D eigenvalue weighted by Gasteiger charge is -2.14. The molecule has 0 aliphatic rings. The molecule has 0 fully saturated rings. The summed E-state index contributed by atoms with van der Waals surface area (Å²) in [7, 11) is 1.64. The molecule has 0 radical (unpaired) electrons. The van der Waals surface area contributed by atoms with Gasteiger partial charge in [-0.25, -0.2) is 0 Å². The van der Waals surface area contributed by atoms with Gasteiger partial charge in [-0.1, -0.05) is 29.3 Å². The molecule has 0 saturated heterocycles. The monoisotopic (exact) mass is 301 g/mol. The van der Waals surface area contributed by atoms with Crippen molar-refractivity contribution in [3.05, 3.63) is 50.1 Å². The zero-order valence-electron chi connectivity index (χ0n) is 9.82. The quantitative estimate of drug-likeness (QED) is 0.913. The molecule has 1 atom stereocenters. The first-order chi connectivity index (χ1) is 8.63. The predicted octanol–water partition coefficient (Wildman–Crippen LogP) is 4.31. The van der Waals surface area contributed by atoms with Gasteiger partial charge in [-0.05, 0) is 35.6 Å². The van der Waals surface area contributed by atoms with Gasteiger partial charge in [-0.15, -0.1) is 11.3 Å². The van der Waals surface area contributed by atoms with Crippen molar-refractivity contribution >= 4 is 34.5 Å². The van der Waals surface area contributed by atoms with Crippen LogP contribution in [0.2, 0.25) is 10.0 Å². The Bertz CT molecular complexity index is 521. The van der Waals surface area contributed by atoms with Crippen LogP contribution in [0.15, 0.2) is 29.6 Å². The van der Waals surface area contributed by atoms with Crippen molar-refractivity contribution in [3.8, 4) is 5.75 Å². The molecule has 0 aliphatic heterocycles. The molecule has 0 bridgehead atoms. The summed E-state index contributed by atoms with van der Waals surface area (Å²) in [5, 5.41) is 3.25. The van der Waals surface area contributed by atoms with Crippen molar-refractivity contribution < 1.29 is 4.74 Å². The second-order valence-corrected chi connectivity index (χ2v) is 5.63. The van der Waals surface area contributed by atoms with Crippen molar-refractivity contribution in [2.45, 2.75) is 12.5 Å². The largest absolute Gasteiger partial charge is 0.496 e. The molecular formula is C13H13Cl2NOS. The minimum Gasteiger partial charge on any atom is -0.496 e. The summed E-state index contributed by atoms with van der Waals surface area (Å²) in [6.07, 6.45) is 0.593. The highest BCUT2D eigenvalue weighted by molar-refractivity contribution is 7.10. The minimum atomic E-state index is -0.169. The Hall–Kier alpha value is -0.740. The predicted molar refractivity (Wildman–Crippen MR) is 78.0 cm³/mol. The van der Waals surface area contributed by atoms with Crippen LogP contribution in [-0.4, -0.2) is 7.11 Å². The molecule has 0 spiro atoms. The Balaban J connectivity index is 2.24. The van der Waals surface area contributed by atoms with Gasteiger partial charge in [0.2, 0.25) is 0 Å². The van der Waals surface area contributed by atoms with E-state index in [1.54, 1.807) is 18.4 Å². The average molecular weight is 302 g/mol.